The zero-order valence-corrected chi connectivity index (χ0v) is 16.4. The van der Waals surface area contributed by atoms with Gasteiger partial charge in [-0.3, -0.25) is 14.7 Å². The molecule has 1 amide bonds. The second kappa shape index (κ2) is 9.49. The van der Waals surface area contributed by atoms with E-state index in [1.807, 2.05) is 54.6 Å². The Hall–Kier alpha value is -2.96. The molecule has 1 saturated heterocycles. The van der Waals surface area contributed by atoms with Crippen LogP contribution in [0.1, 0.15) is 16.8 Å². The van der Waals surface area contributed by atoms with Crippen molar-refractivity contribution in [3.8, 4) is 0 Å². The van der Waals surface area contributed by atoms with Crippen molar-refractivity contribution in [3.63, 3.8) is 0 Å². The largest absolute Gasteiger partial charge is 0.379 e. The van der Waals surface area contributed by atoms with E-state index in [1.54, 1.807) is 6.20 Å². The molecule has 2 heterocycles. The molecule has 0 saturated carbocycles. The van der Waals surface area contributed by atoms with Crippen molar-refractivity contribution in [2.45, 2.75) is 6.42 Å². The number of aromatic nitrogens is 1. The quantitative estimate of drug-likeness (QED) is 0.605. The standard InChI is InChI=1S/C23H26N4O2/c28-23(25-11-5-13-27-14-16-29-17-15-27)19-7-2-4-9-21(19)26-22-10-12-24-20-8-3-1-6-18(20)22/h1-4,6-10,12H,5,11,13-17H2,(H,24,26)(H,25,28). The van der Waals surface area contributed by atoms with Crippen molar-refractivity contribution < 1.29 is 9.53 Å². The van der Waals surface area contributed by atoms with Gasteiger partial charge in [0.05, 0.1) is 30.0 Å². The van der Waals surface area contributed by atoms with Crippen LogP contribution in [0.2, 0.25) is 0 Å². The van der Waals surface area contributed by atoms with Gasteiger partial charge in [-0.15, -0.1) is 0 Å². The van der Waals surface area contributed by atoms with Crippen LogP contribution in [0.5, 0.6) is 0 Å². The lowest BCUT2D eigenvalue weighted by Gasteiger charge is -2.26. The van der Waals surface area contributed by atoms with Crippen molar-refractivity contribution >= 4 is 28.2 Å². The fourth-order valence-corrected chi connectivity index (χ4v) is 3.56. The van der Waals surface area contributed by atoms with Gasteiger partial charge in [0.1, 0.15) is 0 Å². The van der Waals surface area contributed by atoms with Crippen LogP contribution in [-0.2, 0) is 4.74 Å². The van der Waals surface area contributed by atoms with Crippen molar-refractivity contribution in [1.29, 1.82) is 0 Å². The Morgan fingerprint density at radius 3 is 2.69 bits per heavy atom. The summed E-state index contributed by atoms with van der Waals surface area (Å²) in [7, 11) is 0. The van der Waals surface area contributed by atoms with E-state index in [2.05, 4.69) is 20.5 Å². The highest BCUT2D eigenvalue weighted by molar-refractivity contribution is 6.02. The summed E-state index contributed by atoms with van der Waals surface area (Å²) in [5, 5.41) is 7.49. The van der Waals surface area contributed by atoms with Crippen LogP contribution >= 0.6 is 0 Å². The minimum Gasteiger partial charge on any atom is -0.379 e. The number of para-hydroxylation sites is 2. The van der Waals surface area contributed by atoms with Crippen molar-refractivity contribution in [2.24, 2.45) is 0 Å². The Balaban J connectivity index is 1.40. The van der Waals surface area contributed by atoms with Crippen LogP contribution in [0, 0.1) is 0 Å². The summed E-state index contributed by atoms with van der Waals surface area (Å²) in [4.78, 5) is 19.5. The molecule has 4 rings (SSSR count). The molecule has 0 unspecified atom stereocenters. The van der Waals surface area contributed by atoms with E-state index in [9.17, 15) is 4.79 Å². The normalized spacial score (nSPS) is 14.6. The van der Waals surface area contributed by atoms with Gasteiger partial charge in [0, 0.05) is 36.9 Å². The van der Waals surface area contributed by atoms with Gasteiger partial charge in [0.15, 0.2) is 0 Å². The molecule has 150 valence electrons. The third-order valence-electron chi connectivity index (χ3n) is 5.13. The fourth-order valence-electron chi connectivity index (χ4n) is 3.56. The monoisotopic (exact) mass is 390 g/mol. The van der Waals surface area contributed by atoms with E-state index in [0.717, 1.165) is 61.5 Å². The Labute approximate surface area is 170 Å². The molecule has 1 aromatic heterocycles. The Morgan fingerprint density at radius 2 is 1.79 bits per heavy atom. The topological polar surface area (TPSA) is 66.5 Å². The van der Waals surface area contributed by atoms with Crippen molar-refractivity contribution in [1.82, 2.24) is 15.2 Å². The molecule has 3 aromatic rings. The van der Waals surface area contributed by atoms with Gasteiger partial charge in [0.2, 0.25) is 0 Å². The van der Waals surface area contributed by atoms with Gasteiger partial charge in [0.25, 0.3) is 5.91 Å². The number of benzene rings is 2. The number of nitrogens with zero attached hydrogens (tertiary/aromatic N) is 2. The van der Waals surface area contributed by atoms with Crippen LogP contribution in [0.4, 0.5) is 11.4 Å². The maximum absolute atomic E-state index is 12.8. The number of ether oxygens (including phenoxy) is 1. The lowest BCUT2D eigenvalue weighted by atomic mass is 10.1. The lowest BCUT2D eigenvalue weighted by Crippen LogP contribution is -2.38. The molecule has 1 aliphatic heterocycles. The molecule has 0 radical (unpaired) electrons. The first-order valence-electron chi connectivity index (χ1n) is 10.1. The molecule has 0 bridgehead atoms. The molecule has 2 aromatic carbocycles. The molecule has 1 aliphatic rings. The van der Waals surface area contributed by atoms with Gasteiger partial charge in [-0.05, 0) is 37.2 Å². The van der Waals surface area contributed by atoms with Gasteiger partial charge in [-0.1, -0.05) is 30.3 Å². The average Bonchev–Trinajstić information content (AvgIpc) is 2.78. The van der Waals surface area contributed by atoms with Gasteiger partial charge in [-0.25, -0.2) is 0 Å². The second-order valence-corrected chi connectivity index (χ2v) is 7.11. The third kappa shape index (κ3) is 4.91. The molecule has 6 heteroatoms. The second-order valence-electron chi connectivity index (χ2n) is 7.11. The highest BCUT2D eigenvalue weighted by atomic mass is 16.5. The summed E-state index contributed by atoms with van der Waals surface area (Å²) >= 11 is 0. The first-order chi connectivity index (χ1) is 14.3. The molecule has 1 fully saturated rings. The number of fused-ring (bicyclic) bond motifs is 1. The molecule has 0 spiro atoms. The van der Waals surface area contributed by atoms with E-state index < -0.39 is 0 Å². The zero-order chi connectivity index (χ0) is 19.9. The van der Waals surface area contributed by atoms with Gasteiger partial charge >= 0.3 is 0 Å². The number of carbonyl (C=O) groups excluding carboxylic acids is 1. The summed E-state index contributed by atoms with van der Waals surface area (Å²) in [6.07, 6.45) is 2.70. The van der Waals surface area contributed by atoms with Gasteiger partial charge in [-0.2, -0.15) is 0 Å². The van der Waals surface area contributed by atoms with Crippen molar-refractivity contribution in [2.75, 3.05) is 44.7 Å². The minimum atomic E-state index is -0.0616. The third-order valence-corrected chi connectivity index (χ3v) is 5.13. The maximum Gasteiger partial charge on any atom is 0.253 e. The smallest absolute Gasteiger partial charge is 0.253 e. The van der Waals surface area contributed by atoms with E-state index in [-0.39, 0.29) is 5.91 Å². The first kappa shape index (κ1) is 19.4. The zero-order valence-electron chi connectivity index (χ0n) is 16.4. The number of carbonyl (C=O) groups is 1. The molecule has 0 atom stereocenters. The molecule has 0 aliphatic carbocycles. The van der Waals surface area contributed by atoms with Crippen LogP contribution in [-0.4, -0.2) is 55.2 Å². The van der Waals surface area contributed by atoms with Crippen molar-refractivity contribution in [3.05, 3.63) is 66.4 Å². The maximum atomic E-state index is 12.8. The summed E-state index contributed by atoms with van der Waals surface area (Å²) in [5.74, 6) is -0.0616. The molecule has 29 heavy (non-hydrogen) atoms. The SMILES string of the molecule is O=C(NCCCN1CCOCC1)c1ccccc1Nc1ccnc2ccccc12. The van der Waals surface area contributed by atoms with E-state index in [0.29, 0.717) is 12.1 Å². The molecular formula is C23H26N4O2. The fraction of sp³-hybridized carbons (Fsp3) is 0.304. The number of nitrogens with one attached hydrogen (secondary N) is 2. The predicted octanol–water partition coefficient (Wildman–Crippen LogP) is 3.43. The number of pyridine rings is 1. The van der Waals surface area contributed by atoms with E-state index >= 15 is 0 Å². The summed E-state index contributed by atoms with van der Waals surface area (Å²) < 4.78 is 5.37. The van der Waals surface area contributed by atoms with Crippen LogP contribution in [0.15, 0.2) is 60.8 Å². The first-order valence-corrected chi connectivity index (χ1v) is 10.1. The number of amides is 1. The molecule has 6 nitrogen and oxygen atoms in total. The summed E-state index contributed by atoms with van der Waals surface area (Å²) in [6, 6.07) is 17.5. The van der Waals surface area contributed by atoms with E-state index in [1.165, 1.54) is 0 Å². The number of anilines is 2. The molecule has 2 N–H and O–H groups in total. The Bertz CT molecular complexity index is 965. The summed E-state index contributed by atoms with van der Waals surface area (Å²) in [5.41, 5.74) is 3.28. The minimum absolute atomic E-state index is 0.0616. The number of morpholine rings is 1. The van der Waals surface area contributed by atoms with Crippen LogP contribution < -0.4 is 10.6 Å². The molecular weight excluding hydrogens is 364 g/mol. The Kier molecular flexibility index (Phi) is 6.34. The number of hydrogen-bond acceptors (Lipinski definition) is 5. The van der Waals surface area contributed by atoms with Crippen LogP contribution in [0.3, 0.4) is 0 Å². The Morgan fingerprint density at radius 1 is 1.00 bits per heavy atom. The van der Waals surface area contributed by atoms with Crippen LogP contribution in [0.25, 0.3) is 10.9 Å². The number of rotatable bonds is 7. The summed E-state index contributed by atoms with van der Waals surface area (Å²) in [6.45, 7) is 5.18. The van der Waals surface area contributed by atoms with E-state index in [4.69, 9.17) is 4.74 Å². The predicted molar refractivity (Wildman–Crippen MR) is 116 cm³/mol. The average molecular weight is 390 g/mol. The lowest BCUT2D eigenvalue weighted by molar-refractivity contribution is 0.0374. The van der Waals surface area contributed by atoms with Gasteiger partial charge < -0.3 is 15.4 Å². The highest BCUT2D eigenvalue weighted by Crippen LogP contribution is 2.26. The number of hydrogen-bond donors (Lipinski definition) is 2. The highest BCUT2D eigenvalue weighted by Gasteiger charge is 2.13.